The van der Waals surface area contributed by atoms with Crippen LogP contribution in [0.3, 0.4) is 0 Å². The van der Waals surface area contributed by atoms with Gasteiger partial charge in [0.2, 0.25) is 0 Å². The molecule has 0 unspecified atom stereocenters. The number of halogens is 2. The second-order valence-electron chi connectivity index (χ2n) is 5.21. The standard InChI is InChI=1S/C10H24F2OSi2/c1-14(2,9-5-7-11)13-15(3,4)10-6-8-12/h5-10H2,1-4H3. The first-order valence-electron chi connectivity index (χ1n) is 5.65. The Labute approximate surface area is 94.5 Å². The van der Waals surface area contributed by atoms with Gasteiger partial charge in [-0.15, -0.1) is 0 Å². The van der Waals surface area contributed by atoms with E-state index in [0.29, 0.717) is 12.8 Å². The van der Waals surface area contributed by atoms with E-state index in [-0.39, 0.29) is 13.3 Å². The largest absolute Gasteiger partial charge is 0.455 e. The van der Waals surface area contributed by atoms with Crippen molar-refractivity contribution in [1.29, 1.82) is 0 Å². The van der Waals surface area contributed by atoms with Gasteiger partial charge >= 0.3 is 0 Å². The molecule has 0 radical (unpaired) electrons. The monoisotopic (exact) mass is 254 g/mol. The molecule has 0 atom stereocenters. The zero-order valence-corrected chi connectivity index (χ0v) is 12.4. The van der Waals surface area contributed by atoms with Gasteiger partial charge in [0, 0.05) is 0 Å². The van der Waals surface area contributed by atoms with Gasteiger partial charge in [-0.25, -0.2) is 0 Å². The summed E-state index contributed by atoms with van der Waals surface area (Å²) < 4.78 is 30.3. The van der Waals surface area contributed by atoms with Crippen LogP contribution in [-0.2, 0) is 4.12 Å². The minimum Gasteiger partial charge on any atom is -0.455 e. The zero-order valence-electron chi connectivity index (χ0n) is 10.4. The normalized spacial score (nSPS) is 13.2. The van der Waals surface area contributed by atoms with Crippen molar-refractivity contribution in [2.45, 2.75) is 51.1 Å². The Balaban J connectivity index is 4.04. The van der Waals surface area contributed by atoms with E-state index in [4.69, 9.17) is 4.12 Å². The third-order valence-corrected chi connectivity index (χ3v) is 9.91. The Kier molecular flexibility index (Phi) is 6.87. The Morgan fingerprint density at radius 1 is 0.800 bits per heavy atom. The highest BCUT2D eigenvalue weighted by atomic mass is 28.4. The maximum absolute atomic E-state index is 12.1. The maximum Gasteiger partial charge on any atom is 0.173 e. The summed E-state index contributed by atoms with van der Waals surface area (Å²) in [6.07, 6.45) is 1.21. The predicted molar refractivity (Wildman–Crippen MR) is 66.8 cm³/mol. The molecular weight excluding hydrogens is 230 g/mol. The molecule has 0 amide bonds. The molecule has 0 saturated carbocycles. The van der Waals surface area contributed by atoms with Crippen molar-refractivity contribution >= 4 is 16.6 Å². The van der Waals surface area contributed by atoms with Crippen molar-refractivity contribution < 1.29 is 12.9 Å². The van der Waals surface area contributed by atoms with Gasteiger partial charge in [-0.3, -0.25) is 8.78 Å². The fourth-order valence-electron chi connectivity index (χ4n) is 1.84. The van der Waals surface area contributed by atoms with E-state index in [0.717, 1.165) is 12.1 Å². The summed E-state index contributed by atoms with van der Waals surface area (Å²) in [5.41, 5.74) is 0. The Morgan fingerprint density at radius 3 is 1.40 bits per heavy atom. The molecule has 0 aliphatic carbocycles. The van der Waals surface area contributed by atoms with E-state index < -0.39 is 16.6 Å². The Hall–Kier alpha value is 0.254. The minimum absolute atomic E-state index is 0.258. The first-order chi connectivity index (χ1) is 6.83. The number of hydrogen-bond donors (Lipinski definition) is 0. The summed E-state index contributed by atoms with van der Waals surface area (Å²) in [7, 11) is -3.42. The van der Waals surface area contributed by atoms with Crippen molar-refractivity contribution in [3.8, 4) is 0 Å². The molecule has 0 saturated heterocycles. The molecule has 5 heteroatoms. The van der Waals surface area contributed by atoms with Crippen LogP contribution in [0.25, 0.3) is 0 Å². The summed E-state index contributed by atoms with van der Waals surface area (Å²) in [6.45, 7) is 8.01. The lowest BCUT2D eigenvalue weighted by Gasteiger charge is -2.33. The van der Waals surface area contributed by atoms with Crippen molar-refractivity contribution in [3.05, 3.63) is 0 Å². The third kappa shape index (κ3) is 8.10. The molecule has 0 heterocycles. The van der Waals surface area contributed by atoms with Gasteiger partial charge < -0.3 is 4.12 Å². The summed E-state index contributed by atoms with van der Waals surface area (Å²) in [4.78, 5) is 0. The van der Waals surface area contributed by atoms with E-state index in [2.05, 4.69) is 26.2 Å². The quantitative estimate of drug-likeness (QED) is 0.592. The first kappa shape index (κ1) is 15.3. The molecule has 92 valence electrons. The summed E-state index contributed by atoms with van der Waals surface area (Å²) >= 11 is 0. The molecule has 0 aromatic heterocycles. The van der Waals surface area contributed by atoms with Gasteiger partial charge in [0.05, 0.1) is 13.3 Å². The lowest BCUT2D eigenvalue weighted by molar-refractivity contribution is 0.460. The average Bonchev–Trinajstić information content (AvgIpc) is 2.10. The van der Waals surface area contributed by atoms with Gasteiger partial charge in [-0.1, -0.05) is 0 Å². The molecule has 0 rings (SSSR count). The van der Waals surface area contributed by atoms with Gasteiger partial charge in [0.1, 0.15) is 0 Å². The molecule has 0 spiro atoms. The number of alkyl halides is 2. The minimum atomic E-state index is -1.71. The fraction of sp³-hybridized carbons (Fsp3) is 1.00. The lowest BCUT2D eigenvalue weighted by Crippen LogP contribution is -2.44. The van der Waals surface area contributed by atoms with Crippen LogP contribution in [-0.4, -0.2) is 30.0 Å². The van der Waals surface area contributed by atoms with E-state index in [1.807, 2.05) is 0 Å². The maximum atomic E-state index is 12.1. The Morgan fingerprint density at radius 2 is 1.13 bits per heavy atom. The first-order valence-corrected chi connectivity index (χ1v) is 11.9. The molecule has 0 aromatic carbocycles. The average molecular weight is 254 g/mol. The highest BCUT2D eigenvalue weighted by molar-refractivity contribution is 6.84. The van der Waals surface area contributed by atoms with E-state index >= 15 is 0 Å². The van der Waals surface area contributed by atoms with Crippen LogP contribution >= 0.6 is 0 Å². The van der Waals surface area contributed by atoms with Gasteiger partial charge in [0.25, 0.3) is 0 Å². The van der Waals surface area contributed by atoms with E-state index in [1.54, 1.807) is 0 Å². The molecule has 0 fully saturated rings. The molecule has 0 aromatic rings. The SMILES string of the molecule is C[Si](C)(CCCF)O[Si](C)(C)CCCF. The molecule has 0 aliphatic heterocycles. The highest BCUT2D eigenvalue weighted by Gasteiger charge is 2.32. The highest BCUT2D eigenvalue weighted by Crippen LogP contribution is 2.23. The molecule has 1 nitrogen and oxygen atoms in total. The topological polar surface area (TPSA) is 9.23 Å². The molecular formula is C10H24F2OSi2. The van der Waals surface area contributed by atoms with Gasteiger partial charge in [-0.05, 0) is 51.1 Å². The Bertz CT molecular complexity index is 157. The van der Waals surface area contributed by atoms with Crippen LogP contribution < -0.4 is 0 Å². The zero-order chi connectivity index (χ0) is 11.9. The third-order valence-electron chi connectivity index (χ3n) is 2.38. The smallest absolute Gasteiger partial charge is 0.173 e. The lowest BCUT2D eigenvalue weighted by atomic mass is 10.6. The molecule has 0 N–H and O–H groups in total. The second kappa shape index (κ2) is 6.75. The molecule has 15 heavy (non-hydrogen) atoms. The fourth-order valence-corrected chi connectivity index (χ4v) is 10.6. The van der Waals surface area contributed by atoms with Crippen molar-refractivity contribution in [3.63, 3.8) is 0 Å². The summed E-state index contributed by atoms with van der Waals surface area (Å²) in [6, 6.07) is 1.74. The molecule has 0 bridgehead atoms. The van der Waals surface area contributed by atoms with Gasteiger partial charge in [0.15, 0.2) is 16.6 Å². The second-order valence-corrected chi connectivity index (χ2v) is 14.1. The summed E-state index contributed by atoms with van der Waals surface area (Å²) in [5.74, 6) is 0. The van der Waals surface area contributed by atoms with Crippen LogP contribution in [0.4, 0.5) is 8.78 Å². The van der Waals surface area contributed by atoms with Crippen molar-refractivity contribution in [1.82, 2.24) is 0 Å². The van der Waals surface area contributed by atoms with Crippen LogP contribution in [0.1, 0.15) is 12.8 Å². The number of hydrogen-bond acceptors (Lipinski definition) is 1. The van der Waals surface area contributed by atoms with Crippen LogP contribution in [0.15, 0.2) is 0 Å². The predicted octanol–water partition coefficient (Wildman–Crippen LogP) is 4.13. The summed E-state index contributed by atoms with van der Waals surface area (Å²) in [5, 5.41) is 0. The van der Waals surface area contributed by atoms with E-state index in [9.17, 15) is 8.78 Å². The van der Waals surface area contributed by atoms with Crippen LogP contribution in [0, 0.1) is 0 Å². The van der Waals surface area contributed by atoms with Crippen molar-refractivity contribution in [2.75, 3.05) is 13.3 Å². The van der Waals surface area contributed by atoms with Crippen LogP contribution in [0.2, 0.25) is 38.3 Å². The van der Waals surface area contributed by atoms with Crippen molar-refractivity contribution in [2.24, 2.45) is 0 Å². The van der Waals surface area contributed by atoms with Gasteiger partial charge in [-0.2, -0.15) is 0 Å². The van der Waals surface area contributed by atoms with E-state index in [1.165, 1.54) is 0 Å². The number of rotatable bonds is 8. The van der Waals surface area contributed by atoms with Crippen LogP contribution in [0.5, 0.6) is 0 Å². The molecule has 0 aliphatic rings.